The summed E-state index contributed by atoms with van der Waals surface area (Å²) in [5.74, 6) is -0.00714. The Morgan fingerprint density at radius 1 is 0.865 bits per heavy atom. The van der Waals surface area contributed by atoms with E-state index in [2.05, 4.69) is 27.0 Å². The highest BCUT2D eigenvalue weighted by atomic mass is 31.2. The van der Waals surface area contributed by atoms with Gasteiger partial charge in [-0.2, -0.15) is 0 Å². The van der Waals surface area contributed by atoms with E-state index in [1.54, 1.807) is 69.8 Å². The zero-order valence-electron chi connectivity index (χ0n) is 32.1. The van der Waals surface area contributed by atoms with E-state index in [1.165, 1.54) is 70.5 Å². The third-order valence-corrected chi connectivity index (χ3v) is 10.1. The normalized spacial score (nSPS) is 14.1. The Bertz CT molecular complexity index is 1560. The summed E-state index contributed by atoms with van der Waals surface area (Å²) in [4.78, 5) is 37.7. The molecule has 1 unspecified atom stereocenters. The minimum atomic E-state index is -3.85. The molecule has 0 amide bonds. The lowest BCUT2D eigenvalue weighted by atomic mass is 10.0. The molecule has 0 aliphatic rings. The lowest BCUT2D eigenvalue weighted by molar-refractivity contribution is -0.156. The van der Waals surface area contributed by atoms with Gasteiger partial charge in [0, 0.05) is 6.42 Å². The first-order valence-corrected chi connectivity index (χ1v) is 20.7. The highest BCUT2D eigenvalue weighted by molar-refractivity contribution is 7.57. The van der Waals surface area contributed by atoms with E-state index < -0.39 is 31.2 Å². The highest BCUT2D eigenvalue weighted by Gasteiger charge is 2.33. The van der Waals surface area contributed by atoms with Crippen LogP contribution in [0.5, 0.6) is 11.5 Å². The molecule has 0 spiro atoms. The van der Waals surface area contributed by atoms with Crippen LogP contribution in [-0.4, -0.2) is 55.6 Å². The number of hydrogen-bond donors (Lipinski definition) is 2. The third-order valence-electron chi connectivity index (χ3n) is 8.36. The summed E-state index contributed by atoms with van der Waals surface area (Å²) < 4.78 is 38.9. The number of fused-ring (bicyclic) bond motifs is 1. The molecule has 3 N–H and O–H groups in total. The van der Waals surface area contributed by atoms with Gasteiger partial charge in [-0.3, -0.25) is 14.2 Å². The Morgan fingerprint density at radius 2 is 1.44 bits per heavy atom. The molecule has 3 atom stereocenters. The van der Waals surface area contributed by atoms with Crippen LogP contribution in [0.2, 0.25) is 0 Å². The van der Waals surface area contributed by atoms with Crippen LogP contribution in [0.15, 0.2) is 36.9 Å². The predicted molar refractivity (Wildman–Crippen MR) is 204 cm³/mol. The minimum Gasteiger partial charge on any atom is -0.459 e. The largest absolute Gasteiger partial charge is 0.459 e. The number of esters is 2. The average Bonchev–Trinajstić information content (AvgIpc) is 3.49. The molecular weight excluding hydrogens is 683 g/mol. The van der Waals surface area contributed by atoms with Crippen LogP contribution in [-0.2, 0) is 30.2 Å². The van der Waals surface area contributed by atoms with Crippen molar-refractivity contribution in [3.8, 4) is 11.5 Å². The van der Waals surface area contributed by atoms with Gasteiger partial charge in [-0.15, -0.1) is 0 Å². The van der Waals surface area contributed by atoms with Crippen LogP contribution in [0, 0.1) is 0 Å². The summed E-state index contributed by atoms with van der Waals surface area (Å²) in [6.45, 7) is 11.2. The van der Waals surface area contributed by atoms with Crippen molar-refractivity contribution in [2.75, 3.05) is 12.1 Å². The Labute approximate surface area is 309 Å². The van der Waals surface area contributed by atoms with Gasteiger partial charge >= 0.3 is 19.5 Å². The molecule has 0 saturated carbocycles. The summed E-state index contributed by atoms with van der Waals surface area (Å²) in [6, 6.07) is 5.32. The summed E-state index contributed by atoms with van der Waals surface area (Å²) in [7, 11) is -3.85. The van der Waals surface area contributed by atoms with Crippen molar-refractivity contribution in [1.29, 1.82) is 0 Å². The summed E-state index contributed by atoms with van der Waals surface area (Å²) in [5, 5.41) is 2.81. The van der Waals surface area contributed by atoms with Crippen LogP contribution in [0.25, 0.3) is 11.2 Å². The number of aromatic nitrogens is 4. The molecule has 2 aromatic heterocycles. The van der Waals surface area contributed by atoms with E-state index >= 15 is 0 Å². The SMILES string of the molecule is CCCCCCCCCCCCCCCC(=O)Oc1ccc(OP(=O)(CO[C@H](C)Cn2cnc3c(N)ncnc32)N[C@@H](C)C(=O)OC(C)(C)C)cc1. The van der Waals surface area contributed by atoms with E-state index in [0.29, 0.717) is 29.9 Å². The molecule has 3 aromatic rings. The second-order valence-corrected chi connectivity index (χ2v) is 16.6. The Balaban J connectivity index is 1.48. The average molecular weight is 745 g/mol. The van der Waals surface area contributed by atoms with Gasteiger partial charge in [0.15, 0.2) is 11.5 Å². The number of nitrogens with one attached hydrogen (secondary N) is 1. The first-order valence-electron chi connectivity index (χ1n) is 18.9. The van der Waals surface area contributed by atoms with Gasteiger partial charge in [-0.05, 0) is 65.3 Å². The fourth-order valence-corrected chi connectivity index (χ4v) is 7.41. The van der Waals surface area contributed by atoms with Crippen molar-refractivity contribution < 1.29 is 32.9 Å². The number of benzene rings is 1. The quantitative estimate of drug-likeness (QED) is 0.0367. The summed E-state index contributed by atoms with van der Waals surface area (Å²) in [6.07, 6.45) is 18.6. The topological polar surface area (TPSA) is 170 Å². The van der Waals surface area contributed by atoms with Crippen LogP contribution < -0.4 is 20.1 Å². The molecule has 0 radical (unpaired) electrons. The number of nitrogen functional groups attached to an aromatic ring is 1. The van der Waals surface area contributed by atoms with Crippen molar-refractivity contribution in [2.24, 2.45) is 0 Å². The maximum atomic E-state index is 14.2. The zero-order chi connectivity index (χ0) is 38.0. The van der Waals surface area contributed by atoms with E-state index in [1.807, 2.05) is 0 Å². The lowest BCUT2D eigenvalue weighted by Gasteiger charge is -2.27. The van der Waals surface area contributed by atoms with Gasteiger partial charge in [-0.25, -0.2) is 20.0 Å². The van der Waals surface area contributed by atoms with Crippen molar-refractivity contribution >= 4 is 36.4 Å². The molecule has 1 aromatic carbocycles. The number of nitrogens with two attached hydrogens (primary N) is 1. The first kappa shape index (κ1) is 42.9. The van der Waals surface area contributed by atoms with Crippen LogP contribution in [0.4, 0.5) is 5.82 Å². The van der Waals surface area contributed by atoms with Crippen LogP contribution in [0.1, 0.15) is 131 Å². The molecule has 0 bridgehead atoms. The van der Waals surface area contributed by atoms with E-state index in [9.17, 15) is 14.2 Å². The number of rotatable bonds is 25. The Morgan fingerprint density at radius 3 is 2.04 bits per heavy atom. The second-order valence-electron chi connectivity index (χ2n) is 14.5. The summed E-state index contributed by atoms with van der Waals surface area (Å²) in [5.41, 5.74) is 6.20. The van der Waals surface area contributed by atoms with Crippen molar-refractivity contribution in [1.82, 2.24) is 24.6 Å². The molecule has 0 aliphatic carbocycles. The molecule has 2 heterocycles. The molecule has 52 heavy (non-hydrogen) atoms. The number of unbranched alkanes of at least 4 members (excludes halogenated alkanes) is 12. The van der Waals surface area contributed by atoms with Crippen LogP contribution >= 0.6 is 7.52 Å². The number of imidazole rings is 1. The van der Waals surface area contributed by atoms with E-state index in [4.69, 9.17) is 24.5 Å². The van der Waals surface area contributed by atoms with Crippen molar-refractivity contribution in [3.05, 3.63) is 36.9 Å². The molecule has 0 aliphatic heterocycles. The number of nitrogens with zero attached hydrogens (tertiary/aromatic N) is 4. The van der Waals surface area contributed by atoms with Gasteiger partial charge in [-0.1, -0.05) is 84.0 Å². The van der Waals surface area contributed by atoms with E-state index in [-0.39, 0.29) is 23.9 Å². The maximum Gasteiger partial charge on any atom is 0.342 e. The van der Waals surface area contributed by atoms with Gasteiger partial charge in [0.2, 0.25) is 0 Å². The van der Waals surface area contributed by atoms with Gasteiger partial charge in [0.1, 0.15) is 41.3 Å². The van der Waals surface area contributed by atoms with Gasteiger partial charge in [0.05, 0.1) is 19.0 Å². The fourth-order valence-electron chi connectivity index (χ4n) is 5.62. The van der Waals surface area contributed by atoms with Crippen molar-refractivity contribution in [3.63, 3.8) is 0 Å². The molecular formula is C38H61N6O7P. The number of ether oxygens (including phenoxy) is 3. The molecule has 290 valence electrons. The third kappa shape index (κ3) is 16.0. The fraction of sp³-hybridized carbons (Fsp3) is 0.658. The number of anilines is 1. The Kier molecular flexibility index (Phi) is 18.0. The molecule has 3 rings (SSSR count). The molecule has 13 nitrogen and oxygen atoms in total. The lowest BCUT2D eigenvalue weighted by Crippen LogP contribution is -2.39. The second kappa shape index (κ2) is 21.9. The van der Waals surface area contributed by atoms with E-state index in [0.717, 1.165) is 19.3 Å². The smallest absolute Gasteiger partial charge is 0.342 e. The molecule has 0 fully saturated rings. The maximum absolute atomic E-state index is 14.2. The zero-order valence-corrected chi connectivity index (χ0v) is 33.0. The number of carbonyl (C=O) groups excluding carboxylic acids is 2. The van der Waals surface area contributed by atoms with Gasteiger partial charge < -0.3 is 29.0 Å². The molecule has 0 saturated heterocycles. The monoisotopic (exact) mass is 744 g/mol. The first-order chi connectivity index (χ1) is 24.8. The minimum absolute atomic E-state index is 0.243. The van der Waals surface area contributed by atoms with Crippen molar-refractivity contribution in [2.45, 2.75) is 156 Å². The predicted octanol–water partition coefficient (Wildman–Crippen LogP) is 8.75. The van der Waals surface area contributed by atoms with Crippen LogP contribution in [0.3, 0.4) is 0 Å². The summed E-state index contributed by atoms with van der Waals surface area (Å²) >= 11 is 0. The van der Waals surface area contributed by atoms with Gasteiger partial charge in [0.25, 0.3) is 0 Å². The number of hydrogen-bond acceptors (Lipinski definition) is 11. The Hall–Kier alpha value is -3.54. The highest BCUT2D eigenvalue weighted by Crippen LogP contribution is 2.44. The number of carbonyl (C=O) groups is 2. The standard InChI is InChI=1S/C38H61N6O7P/c1-7-8-9-10-11-12-13-14-15-16-17-18-19-20-33(45)49-31-21-23-32(24-22-31)51-52(47,43-30(3)37(46)50-38(4,5)6)28-48-29(2)25-44-27-42-34-35(39)40-26-41-36(34)44/h21-24,26-27,29-30H,7-20,25,28H2,1-6H3,(H,43,47)(H2,39,40,41)/t29-,30+,52?/m1/s1. The molecule has 14 heteroatoms.